The van der Waals surface area contributed by atoms with Crippen molar-refractivity contribution in [1.82, 2.24) is 9.78 Å². The zero-order chi connectivity index (χ0) is 14.4. The average Bonchev–Trinajstić information content (AvgIpc) is 2.96. The number of nitrogens with zero attached hydrogens (tertiary/aromatic N) is 3. The van der Waals surface area contributed by atoms with Crippen molar-refractivity contribution in [2.24, 2.45) is 0 Å². The lowest BCUT2D eigenvalue weighted by molar-refractivity contribution is -0.383. The van der Waals surface area contributed by atoms with Crippen LogP contribution in [0.2, 0.25) is 0 Å². The van der Waals surface area contributed by atoms with Gasteiger partial charge in [-0.1, -0.05) is 6.07 Å². The SMILES string of the molecule is CNc1cccc(NCCCn2cccn2)c1[N+](=O)[O-]. The van der Waals surface area contributed by atoms with Gasteiger partial charge in [0.2, 0.25) is 0 Å². The maximum atomic E-state index is 11.1. The minimum Gasteiger partial charge on any atom is -0.382 e. The Kier molecular flexibility index (Phi) is 4.54. The number of rotatable bonds is 7. The van der Waals surface area contributed by atoms with E-state index in [2.05, 4.69) is 15.7 Å². The molecule has 7 heteroatoms. The van der Waals surface area contributed by atoms with Crippen molar-refractivity contribution >= 4 is 17.1 Å². The predicted octanol–water partition coefficient (Wildman–Crippen LogP) is 2.34. The van der Waals surface area contributed by atoms with E-state index in [0.717, 1.165) is 13.0 Å². The smallest absolute Gasteiger partial charge is 0.315 e. The highest BCUT2D eigenvalue weighted by Crippen LogP contribution is 2.32. The first kappa shape index (κ1) is 13.9. The van der Waals surface area contributed by atoms with Crippen LogP contribution in [-0.2, 0) is 6.54 Å². The Balaban J connectivity index is 1.96. The molecule has 106 valence electrons. The van der Waals surface area contributed by atoms with Crippen LogP contribution in [0.1, 0.15) is 6.42 Å². The lowest BCUT2D eigenvalue weighted by atomic mass is 10.2. The van der Waals surface area contributed by atoms with Gasteiger partial charge in [0.15, 0.2) is 0 Å². The van der Waals surface area contributed by atoms with Crippen molar-refractivity contribution in [3.63, 3.8) is 0 Å². The molecule has 20 heavy (non-hydrogen) atoms. The fraction of sp³-hybridized carbons (Fsp3) is 0.308. The number of para-hydroxylation sites is 1. The van der Waals surface area contributed by atoms with E-state index < -0.39 is 0 Å². The van der Waals surface area contributed by atoms with Crippen LogP contribution in [0, 0.1) is 10.1 Å². The van der Waals surface area contributed by atoms with Crippen LogP contribution in [0.25, 0.3) is 0 Å². The van der Waals surface area contributed by atoms with E-state index in [0.29, 0.717) is 17.9 Å². The first-order valence-corrected chi connectivity index (χ1v) is 6.39. The molecule has 2 N–H and O–H groups in total. The summed E-state index contributed by atoms with van der Waals surface area (Å²) in [5, 5.41) is 21.2. The van der Waals surface area contributed by atoms with Crippen molar-refractivity contribution in [2.75, 3.05) is 24.2 Å². The Bertz CT molecular complexity index is 568. The topological polar surface area (TPSA) is 85.0 Å². The number of benzene rings is 1. The minimum atomic E-state index is -0.373. The molecule has 0 unspecified atom stereocenters. The summed E-state index contributed by atoms with van der Waals surface area (Å²) in [4.78, 5) is 10.8. The molecule has 0 aliphatic rings. The van der Waals surface area contributed by atoms with Crippen molar-refractivity contribution in [3.8, 4) is 0 Å². The number of nitrogens with one attached hydrogen (secondary N) is 2. The molecule has 2 rings (SSSR count). The first-order valence-electron chi connectivity index (χ1n) is 6.39. The summed E-state index contributed by atoms with van der Waals surface area (Å²) >= 11 is 0. The molecule has 1 aromatic carbocycles. The predicted molar refractivity (Wildman–Crippen MR) is 78.0 cm³/mol. The number of hydrogen-bond acceptors (Lipinski definition) is 5. The molecule has 1 aromatic heterocycles. The van der Waals surface area contributed by atoms with Crippen LogP contribution in [0.15, 0.2) is 36.7 Å². The molecule has 0 spiro atoms. The van der Waals surface area contributed by atoms with Crippen LogP contribution in [0.3, 0.4) is 0 Å². The summed E-state index contributed by atoms with van der Waals surface area (Å²) in [6.45, 7) is 1.42. The van der Waals surface area contributed by atoms with Crippen molar-refractivity contribution in [1.29, 1.82) is 0 Å². The largest absolute Gasteiger partial charge is 0.382 e. The zero-order valence-electron chi connectivity index (χ0n) is 11.2. The molecule has 0 saturated heterocycles. The van der Waals surface area contributed by atoms with Gasteiger partial charge in [0.25, 0.3) is 0 Å². The summed E-state index contributed by atoms with van der Waals surface area (Å²) in [6.07, 6.45) is 4.46. The summed E-state index contributed by atoms with van der Waals surface area (Å²) in [5.74, 6) is 0. The number of nitro benzene ring substituents is 1. The molecular weight excluding hydrogens is 258 g/mol. The summed E-state index contributed by atoms with van der Waals surface area (Å²) < 4.78 is 1.83. The van der Waals surface area contributed by atoms with Crippen LogP contribution >= 0.6 is 0 Å². The van der Waals surface area contributed by atoms with E-state index in [-0.39, 0.29) is 10.6 Å². The van der Waals surface area contributed by atoms with E-state index in [9.17, 15) is 10.1 Å². The highest BCUT2D eigenvalue weighted by Gasteiger charge is 2.18. The monoisotopic (exact) mass is 275 g/mol. The van der Waals surface area contributed by atoms with Crippen LogP contribution < -0.4 is 10.6 Å². The molecule has 0 aliphatic carbocycles. The van der Waals surface area contributed by atoms with E-state index in [1.165, 1.54) is 0 Å². The fourth-order valence-electron chi connectivity index (χ4n) is 1.98. The Hall–Kier alpha value is -2.57. The fourth-order valence-corrected chi connectivity index (χ4v) is 1.98. The summed E-state index contributed by atoms with van der Waals surface area (Å²) in [6, 6.07) is 7.06. The highest BCUT2D eigenvalue weighted by molar-refractivity contribution is 5.75. The molecule has 0 radical (unpaired) electrons. The molecule has 0 fully saturated rings. The minimum absolute atomic E-state index is 0.0779. The molecule has 0 bridgehead atoms. The second-order valence-corrected chi connectivity index (χ2v) is 4.26. The van der Waals surface area contributed by atoms with Gasteiger partial charge in [0.05, 0.1) is 4.92 Å². The normalized spacial score (nSPS) is 10.2. The van der Waals surface area contributed by atoms with Gasteiger partial charge in [-0.15, -0.1) is 0 Å². The summed E-state index contributed by atoms with van der Waals surface area (Å²) in [5.41, 5.74) is 1.11. The third-order valence-electron chi connectivity index (χ3n) is 2.93. The Morgan fingerprint density at radius 2 is 2.15 bits per heavy atom. The Labute approximate surface area is 116 Å². The zero-order valence-corrected chi connectivity index (χ0v) is 11.2. The lowest BCUT2D eigenvalue weighted by Gasteiger charge is -2.10. The first-order chi connectivity index (χ1) is 9.72. The van der Waals surface area contributed by atoms with Gasteiger partial charge < -0.3 is 10.6 Å². The average molecular weight is 275 g/mol. The lowest BCUT2D eigenvalue weighted by Crippen LogP contribution is -2.09. The van der Waals surface area contributed by atoms with Crippen LogP contribution in [-0.4, -0.2) is 28.3 Å². The van der Waals surface area contributed by atoms with Crippen molar-refractivity contribution in [3.05, 3.63) is 46.8 Å². The number of aromatic nitrogens is 2. The van der Waals surface area contributed by atoms with Gasteiger partial charge in [-0.25, -0.2) is 0 Å². The molecule has 0 aliphatic heterocycles. The molecular formula is C13H17N5O2. The Morgan fingerprint density at radius 1 is 1.35 bits per heavy atom. The second kappa shape index (κ2) is 6.55. The number of aryl methyl sites for hydroxylation is 1. The molecule has 7 nitrogen and oxygen atoms in total. The maximum absolute atomic E-state index is 11.1. The van der Waals surface area contributed by atoms with Gasteiger partial charge in [-0.3, -0.25) is 14.8 Å². The van der Waals surface area contributed by atoms with Gasteiger partial charge in [0, 0.05) is 32.5 Å². The summed E-state index contributed by atoms with van der Waals surface area (Å²) in [7, 11) is 1.67. The molecule has 0 saturated carbocycles. The third-order valence-corrected chi connectivity index (χ3v) is 2.93. The maximum Gasteiger partial charge on any atom is 0.315 e. The standard InChI is InChI=1S/C13H17N5O2/c1-14-11-5-2-6-12(13(11)18(19)20)15-7-3-9-17-10-4-8-16-17/h2,4-6,8,10,14-15H,3,7,9H2,1H3. The van der Waals surface area contributed by atoms with E-state index >= 15 is 0 Å². The molecule has 1 heterocycles. The number of hydrogen-bond donors (Lipinski definition) is 2. The van der Waals surface area contributed by atoms with E-state index in [1.54, 1.807) is 31.4 Å². The quantitative estimate of drug-likeness (QED) is 0.460. The van der Waals surface area contributed by atoms with Crippen molar-refractivity contribution in [2.45, 2.75) is 13.0 Å². The third kappa shape index (κ3) is 3.25. The van der Waals surface area contributed by atoms with Crippen molar-refractivity contribution < 1.29 is 4.92 Å². The number of anilines is 2. The molecule has 2 aromatic rings. The Morgan fingerprint density at radius 3 is 2.80 bits per heavy atom. The molecule has 0 atom stereocenters. The van der Waals surface area contributed by atoms with Gasteiger partial charge in [-0.05, 0) is 24.6 Å². The van der Waals surface area contributed by atoms with E-state index in [1.807, 2.05) is 16.9 Å². The van der Waals surface area contributed by atoms with Crippen LogP contribution in [0.5, 0.6) is 0 Å². The van der Waals surface area contributed by atoms with Gasteiger partial charge in [0.1, 0.15) is 11.4 Å². The van der Waals surface area contributed by atoms with E-state index in [4.69, 9.17) is 0 Å². The highest BCUT2D eigenvalue weighted by atomic mass is 16.6. The van der Waals surface area contributed by atoms with Gasteiger partial charge in [-0.2, -0.15) is 5.10 Å². The number of nitro groups is 1. The van der Waals surface area contributed by atoms with Gasteiger partial charge >= 0.3 is 5.69 Å². The molecule has 0 amide bonds. The van der Waals surface area contributed by atoms with Crippen LogP contribution in [0.4, 0.5) is 17.1 Å². The second-order valence-electron chi connectivity index (χ2n) is 4.26.